The second-order valence-electron chi connectivity index (χ2n) is 5.08. The third-order valence-corrected chi connectivity index (χ3v) is 3.47. The molecule has 1 N–H and O–H groups in total. The highest BCUT2D eigenvalue weighted by molar-refractivity contribution is 5.92. The van der Waals surface area contributed by atoms with E-state index in [1.165, 1.54) is 6.08 Å². The molecule has 0 aromatic heterocycles. The van der Waals surface area contributed by atoms with Crippen LogP contribution in [0.2, 0.25) is 0 Å². The van der Waals surface area contributed by atoms with Crippen LogP contribution in [-0.4, -0.2) is 31.7 Å². The van der Waals surface area contributed by atoms with Gasteiger partial charge in [-0.15, -0.1) is 0 Å². The van der Waals surface area contributed by atoms with Gasteiger partial charge in [-0.05, 0) is 43.5 Å². The van der Waals surface area contributed by atoms with E-state index in [0.717, 1.165) is 24.1 Å². The summed E-state index contributed by atoms with van der Waals surface area (Å²) in [5.74, 6) is -0.297. The summed E-state index contributed by atoms with van der Waals surface area (Å²) in [5, 5.41) is 2.91. The molecule has 0 bridgehead atoms. The predicted molar refractivity (Wildman–Crippen MR) is 84.3 cm³/mol. The number of rotatable bonds is 5. The first-order chi connectivity index (χ1) is 10.7. The smallest absolute Gasteiger partial charge is 0.330 e. The lowest BCUT2D eigenvalue weighted by Crippen LogP contribution is -2.28. The lowest BCUT2D eigenvalue weighted by atomic mass is 9.99. The van der Waals surface area contributed by atoms with Crippen LogP contribution in [0.15, 0.2) is 30.3 Å². The van der Waals surface area contributed by atoms with E-state index >= 15 is 0 Å². The summed E-state index contributed by atoms with van der Waals surface area (Å²) in [4.78, 5) is 23.3. The SMILES string of the molecule is CCOC(=O)/C=C/c1ccc(NC(=O)C2CCOCC2)cc1. The van der Waals surface area contributed by atoms with Gasteiger partial charge in [0.05, 0.1) is 6.61 Å². The number of ether oxygens (including phenoxy) is 2. The Hall–Kier alpha value is -2.14. The molecule has 1 fully saturated rings. The van der Waals surface area contributed by atoms with E-state index in [1.807, 2.05) is 24.3 Å². The second-order valence-corrected chi connectivity index (χ2v) is 5.08. The Kier molecular flexibility index (Phi) is 6.15. The molecule has 22 heavy (non-hydrogen) atoms. The lowest BCUT2D eigenvalue weighted by Gasteiger charge is -2.21. The number of nitrogens with one attached hydrogen (secondary N) is 1. The molecule has 0 saturated carbocycles. The summed E-state index contributed by atoms with van der Waals surface area (Å²) in [6.07, 6.45) is 4.61. The summed E-state index contributed by atoms with van der Waals surface area (Å²) in [7, 11) is 0. The van der Waals surface area contributed by atoms with Gasteiger partial charge in [-0.1, -0.05) is 12.1 Å². The highest BCUT2D eigenvalue weighted by Crippen LogP contribution is 2.18. The Morgan fingerprint density at radius 1 is 1.27 bits per heavy atom. The molecule has 5 nitrogen and oxygen atoms in total. The number of hydrogen-bond acceptors (Lipinski definition) is 4. The summed E-state index contributed by atoms with van der Waals surface area (Å²) in [6.45, 7) is 3.42. The molecule has 0 aliphatic carbocycles. The molecule has 1 amide bonds. The molecule has 1 saturated heterocycles. The Morgan fingerprint density at radius 3 is 2.59 bits per heavy atom. The van der Waals surface area contributed by atoms with Crippen LogP contribution in [0.25, 0.3) is 6.08 Å². The molecule has 5 heteroatoms. The van der Waals surface area contributed by atoms with Gasteiger partial charge < -0.3 is 14.8 Å². The van der Waals surface area contributed by atoms with Gasteiger partial charge >= 0.3 is 5.97 Å². The van der Waals surface area contributed by atoms with Crippen molar-refractivity contribution in [2.45, 2.75) is 19.8 Å². The van der Waals surface area contributed by atoms with Crippen LogP contribution >= 0.6 is 0 Å². The van der Waals surface area contributed by atoms with Gasteiger partial charge in [-0.3, -0.25) is 4.79 Å². The molecule has 0 radical (unpaired) electrons. The van der Waals surface area contributed by atoms with E-state index in [9.17, 15) is 9.59 Å². The Bertz CT molecular complexity index is 530. The molecule has 118 valence electrons. The van der Waals surface area contributed by atoms with E-state index in [4.69, 9.17) is 9.47 Å². The van der Waals surface area contributed by atoms with Gasteiger partial charge in [0.1, 0.15) is 0 Å². The maximum absolute atomic E-state index is 12.1. The summed E-state index contributed by atoms with van der Waals surface area (Å²) in [5.41, 5.74) is 1.63. The summed E-state index contributed by atoms with van der Waals surface area (Å²) < 4.78 is 10.1. The zero-order valence-corrected chi connectivity index (χ0v) is 12.7. The third-order valence-electron chi connectivity index (χ3n) is 3.47. The fraction of sp³-hybridized carbons (Fsp3) is 0.412. The number of anilines is 1. The first-order valence-corrected chi connectivity index (χ1v) is 7.52. The number of amides is 1. The maximum Gasteiger partial charge on any atom is 0.330 e. The van der Waals surface area contributed by atoms with E-state index < -0.39 is 0 Å². The van der Waals surface area contributed by atoms with Crippen molar-refractivity contribution >= 4 is 23.6 Å². The average molecular weight is 303 g/mol. The maximum atomic E-state index is 12.1. The molecule has 0 spiro atoms. The minimum atomic E-state index is -0.362. The third kappa shape index (κ3) is 5.00. The van der Waals surface area contributed by atoms with Crippen molar-refractivity contribution in [1.82, 2.24) is 0 Å². The van der Waals surface area contributed by atoms with Crippen molar-refractivity contribution < 1.29 is 19.1 Å². The quantitative estimate of drug-likeness (QED) is 0.671. The summed E-state index contributed by atoms with van der Waals surface area (Å²) in [6, 6.07) is 7.33. The minimum absolute atomic E-state index is 0.0251. The Balaban J connectivity index is 1.88. The van der Waals surface area contributed by atoms with Gasteiger partial charge in [0.2, 0.25) is 5.91 Å². The molecular weight excluding hydrogens is 282 g/mol. The Morgan fingerprint density at radius 2 is 1.95 bits per heavy atom. The zero-order chi connectivity index (χ0) is 15.8. The summed E-state index contributed by atoms with van der Waals surface area (Å²) >= 11 is 0. The highest BCUT2D eigenvalue weighted by atomic mass is 16.5. The first kappa shape index (κ1) is 16.2. The molecule has 1 heterocycles. The van der Waals surface area contributed by atoms with Crippen LogP contribution in [0, 0.1) is 5.92 Å². The largest absolute Gasteiger partial charge is 0.463 e. The fourth-order valence-corrected chi connectivity index (χ4v) is 2.24. The first-order valence-electron chi connectivity index (χ1n) is 7.52. The number of carbonyl (C=O) groups is 2. The van der Waals surface area contributed by atoms with Gasteiger partial charge in [0.25, 0.3) is 0 Å². The van der Waals surface area contributed by atoms with E-state index in [2.05, 4.69) is 5.32 Å². The van der Waals surface area contributed by atoms with Crippen LogP contribution in [0.3, 0.4) is 0 Å². The van der Waals surface area contributed by atoms with Crippen molar-refractivity contribution in [3.05, 3.63) is 35.9 Å². The standard InChI is InChI=1S/C17H21NO4/c1-2-22-16(19)8-5-13-3-6-15(7-4-13)18-17(20)14-9-11-21-12-10-14/h3-8,14H,2,9-12H2,1H3,(H,18,20)/b8-5+. The number of hydrogen-bond donors (Lipinski definition) is 1. The molecule has 1 aromatic carbocycles. The van der Waals surface area contributed by atoms with E-state index in [-0.39, 0.29) is 17.8 Å². The second kappa shape index (κ2) is 8.34. The van der Waals surface area contributed by atoms with Crippen molar-refractivity contribution in [1.29, 1.82) is 0 Å². The number of benzene rings is 1. The van der Waals surface area contributed by atoms with Crippen LogP contribution in [0.5, 0.6) is 0 Å². The van der Waals surface area contributed by atoms with Crippen LogP contribution in [0.4, 0.5) is 5.69 Å². The van der Waals surface area contributed by atoms with Crippen molar-refractivity contribution in [3.8, 4) is 0 Å². The van der Waals surface area contributed by atoms with Crippen LogP contribution < -0.4 is 5.32 Å². The molecule has 1 aliphatic heterocycles. The van der Waals surface area contributed by atoms with Gasteiger partial charge in [0, 0.05) is 30.9 Å². The fourth-order valence-electron chi connectivity index (χ4n) is 2.24. The van der Waals surface area contributed by atoms with Crippen molar-refractivity contribution in [2.24, 2.45) is 5.92 Å². The molecule has 1 aromatic rings. The molecular formula is C17H21NO4. The monoisotopic (exact) mass is 303 g/mol. The van der Waals surface area contributed by atoms with E-state index in [0.29, 0.717) is 19.8 Å². The van der Waals surface area contributed by atoms with Gasteiger partial charge in [-0.2, -0.15) is 0 Å². The van der Waals surface area contributed by atoms with Crippen LogP contribution in [0.1, 0.15) is 25.3 Å². The molecule has 1 aliphatic rings. The predicted octanol–water partition coefficient (Wildman–Crippen LogP) is 2.63. The number of carbonyl (C=O) groups excluding carboxylic acids is 2. The van der Waals surface area contributed by atoms with Crippen LogP contribution in [-0.2, 0) is 19.1 Å². The zero-order valence-electron chi connectivity index (χ0n) is 12.7. The molecule has 0 unspecified atom stereocenters. The Labute approximate surface area is 130 Å². The van der Waals surface area contributed by atoms with Gasteiger partial charge in [0.15, 0.2) is 0 Å². The van der Waals surface area contributed by atoms with Gasteiger partial charge in [-0.25, -0.2) is 4.79 Å². The van der Waals surface area contributed by atoms with Crippen molar-refractivity contribution in [2.75, 3.05) is 25.1 Å². The van der Waals surface area contributed by atoms with Crippen molar-refractivity contribution in [3.63, 3.8) is 0 Å². The highest BCUT2D eigenvalue weighted by Gasteiger charge is 2.21. The minimum Gasteiger partial charge on any atom is -0.463 e. The molecule has 2 rings (SSSR count). The molecule has 0 atom stereocenters. The number of esters is 1. The average Bonchev–Trinajstić information content (AvgIpc) is 2.55. The lowest BCUT2D eigenvalue weighted by molar-refractivity contribution is -0.137. The van der Waals surface area contributed by atoms with E-state index in [1.54, 1.807) is 13.0 Å². The normalized spacial score (nSPS) is 15.7. The topological polar surface area (TPSA) is 64.6 Å².